The van der Waals surface area contributed by atoms with Crippen LogP contribution in [0.5, 0.6) is 0 Å². The summed E-state index contributed by atoms with van der Waals surface area (Å²) >= 11 is 11.2. The molecule has 0 aromatic heterocycles. The Labute approximate surface area is 122 Å². The number of nitro groups is 2. The maximum absolute atomic E-state index is 11.2. The van der Waals surface area contributed by atoms with Gasteiger partial charge in [0.25, 0.3) is 11.4 Å². The van der Waals surface area contributed by atoms with E-state index in [1.165, 1.54) is 0 Å². The third-order valence-electron chi connectivity index (χ3n) is 2.56. The molecule has 10 heteroatoms. The minimum atomic E-state index is -1.52. The van der Waals surface area contributed by atoms with Gasteiger partial charge in [0.15, 0.2) is 0 Å². The summed E-state index contributed by atoms with van der Waals surface area (Å²) in [5, 5.41) is 30.8. The van der Waals surface area contributed by atoms with E-state index in [-0.39, 0.29) is 17.3 Å². The molecule has 0 spiro atoms. The number of carboxylic acids is 1. The van der Waals surface area contributed by atoms with Gasteiger partial charge < -0.3 is 5.11 Å². The van der Waals surface area contributed by atoms with Crippen LogP contribution in [0.4, 0.5) is 11.4 Å². The summed E-state index contributed by atoms with van der Waals surface area (Å²) in [6, 6.07) is 1.46. The average Bonchev–Trinajstić information content (AvgIpc) is 2.39. The number of benzene rings is 1. The lowest BCUT2D eigenvalue weighted by Crippen LogP contribution is -2.13. The Morgan fingerprint density at radius 1 is 1.20 bits per heavy atom. The topological polar surface area (TPSA) is 124 Å². The van der Waals surface area contributed by atoms with Crippen molar-refractivity contribution in [3.8, 4) is 0 Å². The standard InChI is InChI=1S/C10H8Cl2N2O6/c11-3-5(4-12)9-7(10(15)16)1-6(13(17)18)2-8(9)14(19)20/h1-2,5H,3-4H2,(H,15,16). The highest BCUT2D eigenvalue weighted by molar-refractivity contribution is 6.21. The summed E-state index contributed by atoms with van der Waals surface area (Å²) in [6.45, 7) is 0. The fourth-order valence-electron chi connectivity index (χ4n) is 1.68. The molecule has 0 saturated carbocycles. The lowest BCUT2D eigenvalue weighted by molar-refractivity contribution is -0.394. The predicted molar refractivity (Wildman–Crippen MR) is 70.9 cm³/mol. The summed E-state index contributed by atoms with van der Waals surface area (Å²) in [4.78, 5) is 31.1. The molecule has 0 aliphatic carbocycles. The van der Waals surface area contributed by atoms with Gasteiger partial charge in [-0.1, -0.05) is 0 Å². The molecule has 0 fully saturated rings. The molecule has 8 nitrogen and oxygen atoms in total. The number of non-ortho nitro benzene ring substituents is 1. The minimum Gasteiger partial charge on any atom is -0.478 e. The number of halogens is 2. The molecule has 0 aliphatic heterocycles. The van der Waals surface area contributed by atoms with E-state index in [9.17, 15) is 25.0 Å². The Bertz CT molecular complexity index is 538. The van der Waals surface area contributed by atoms with Gasteiger partial charge in [-0.2, -0.15) is 0 Å². The van der Waals surface area contributed by atoms with Crippen molar-refractivity contribution < 1.29 is 19.7 Å². The number of carbonyl (C=O) groups is 1. The summed E-state index contributed by atoms with van der Waals surface area (Å²) in [7, 11) is 0. The number of rotatable bonds is 6. The number of hydrogen-bond acceptors (Lipinski definition) is 5. The van der Waals surface area contributed by atoms with Crippen LogP contribution in [0.3, 0.4) is 0 Å². The van der Waals surface area contributed by atoms with Crippen molar-refractivity contribution in [3.63, 3.8) is 0 Å². The lowest BCUT2D eigenvalue weighted by atomic mass is 9.94. The van der Waals surface area contributed by atoms with E-state index in [4.69, 9.17) is 28.3 Å². The van der Waals surface area contributed by atoms with Crippen LogP contribution in [-0.4, -0.2) is 32.7 Å². The van der Waals surface area contributed by atoms with Crippen LogP contribution in [0.2, 0.25) is 0 Å². The van der Waals surface area contributed by atoms with Gasteiger partial charge in [0.05, 0.1) is 27.0 Å². The van der Waals surface area contributed by atoms with Crippen LogP contribution < -0.4 is 0 Å². The average molecular weight is 323 g/mol. The third-order valence-corrected chi connectivity index (χ3v) is 3.31. The Hall–Kier alpha value is -1.93. The Morgan fingerprint density at radius 2 is 1.75 bits per heavy atom. The maximum atomic E-state index is 11.2. The maximum Gasteiger partial charge on any atom is 0.336 e. The van der Waals surface area contributed by atoms with Crippen molar-refractivity contribution >= 4 is 40.5 Å². The van der Waals surface area contributed by atoms with Gasteiger partial charge in [0, 0.05) is 23.7 Å². The molecule has 0 unspecified atom stereocenters. The van der Waals surface area contributed by atoms with Gasteiger partial charge in [-0.25, -0.2) is 4.79 Å². The van der Waals surface area contributed by atoms with Crippen molar-refractivity contribution in [1.29, 1.82) is 0 Å². The van der Waals surface area contributed by atoms with Crippen LogP contribution >= 0.6 is 23.2 Å². The normalized spacial score (nSPS) is 10.6. The zero-order valence-corrected chi connectivity index (χ0v) is 11.3. The number of hydrogen-bond donors (Lipinski definition) is 1. The molecule has 0 amide bonds. The molecule has 0 bridgehead atoms. The molecule has 20 heavy (non-hydrogen) atoms. The smallest absolute Gasteiger partial charge is 0.336 e. The number of nitro benzene ring substituents is 2. The zero-order chi connectivity index (χ0) is 15.4. The molecule has 0 saturated heterocycles. The first-order chi connectivity index (χ1) is 9.33. The molecule has 1 rings (SSSR count). The van der Waals surface area contributed by atoms with Gasteiger partial charge in [-0.15, -0.1) is 23.2 Å². The van der Waals surface area contributed by atoms with Gasteiger partial charge in [-0.05, 0) is 0 Å². The molecule has 1 N–H and O–H groups in total. The molecule has 0 radical (unpaired) electrons. The fraction of sp³-hybridized carbons (Fsp3) is 0.300. The minimum absolute atomic E-state index is 0.150. The van der Waals surface area contributed by atoms with E-state index in [2.05, 4.69) is 0 Å². The van der Waals surface area contributed by atoms with Gasteiger partial charge in [0.2, 0.25) is 0 Å². The first kappa shape index (κ1) is 16.1. The number of aromatic carboxylic acids is 1. The highest BCUT2D eigenvalue weighted by Gasteiger charge is 2.31. The summed E-state index contributed by atoms with van der Waals surface area (Å²) in [5.41, 5.74) is -2.11. The van der Waals surface area contributed by atoms with E-state index in [0.29, 0.717) is 6.07 Å². The van der Waals surface area contributed by atoms with E-state index in [0.717, 1.165) is 6.07 Å². The van der Waals surface area contributed by atoms with Crippen LogP contribution in [0, 0.1) is 20.2 Å². The molecule has 108 valence electrons. The van der Waals surface area contributed by atoms with Gasteiger partial charge in [0.1, 0.15) is 0 Å². The molecular weight excluding hydrogens is 315 g/mol. The zero-order valence-electron chi connectivity index (χ0n) is 9.79. The largest absolute Gasteiger partial charge is 0.478 e. The SMILES string of the molecule is O=C(O)c1cc([N+](=O)[O-])cc([N+](=O)[O-])c1C(CCl)CCl. The van der Waals surface area contributed by atoms with Crippen LogP contribution in [0.1, 0.15) is 21.8 Å². The first-order valence-corrected chi connectivity index (χ1v) is 6.22. The van der Waals surface area contributed by atoms with Crippen molar-refractivity contribution in [1.82, 2.24) is 0 Å². The van der Waals surface area contributed by atoms with E-state index in [1.807, 2.05) is 0 Å². The van der Waals surface area contributed by atoms with Crippen molar-refractivity contribution in [2.45, 2.75) is 5.92 Å². The van der Waals surface area contributed by atoms with E-state index in [1.54, 1.807) is 0 Å². The molecule has 0 aliphatic rings. The Balaban J connectivity index is 3.72. The summed E-state index contributed by atoms with van der Waals surface area (Å²) < 4.78 is 0. The van der Waals surface area contributed by atoms with Gasteiger partial charge >= 0.3 is 5.97 Å². The van der Waals surface area contributed by atoms with Crippen LogP contribution in [0.25, 0.3) is 0 Å². The third kappa shape index (κ3) is 3.14. The van der Waals surface area contributed by atoms with Crippen LogP contribution in [0.15, 0.2) is 12.1 Å². The molecule has 0 heterocycles. The second kappa shape index (κ2) is 6.49. The molecule has 0 atom stereocenters. The highest BCUT2D eigenvalue weighted by Crippen LogP contribution is 2.35. The number of alkyl halides is 2. The monoisotopic (exact) mass is 322 g/mol. The summed E-state index contributed by atoms with van der Waals surface area (Å²) in [6.07, 6.45) is 0. The Morgan fingerprint density at radius 3 is 2.10 bits per heavy atom. The molecule has 1 aromatic carbocycles. The van der Waals surface area contributed by atoms with E-state index < -0.39 is 38.7 Å². The van der Waals surface area contributed by atoms with Crippen molar-refractivity contribution in [2.24, 2.45) is 0 Å². The van der Waals surface area contributed by atoms with E-state index >= 15 is 0 Å². The first-order valence-electron chi connectivity index (χ1n) is 5.15. The number of nitrogens with zero attached hydrogens (tertiary/aromatic N) is 2. The second-order valence-corrected chi connectivity index (χ2v) is 4.37. The predicted octanol–water partition coefficient (Wildman–Crippen LogP) is 2.76. The highest BCUT2D eigenvalue weighted by atomic mass is 35.5. The Kier molecular flexibility index (Phi) is 5.23. The molecule has 1 aromatic rings. The van der Waals surface area contributed by atoms with Gasteiger partial charge in [-0.3, -0.25) is 20.2 Å². The fourth-order valence-corrected chi connectivity index (χ4v) is 2.32. The number of carboxylic acid groups (broad SMARTS) is 1. The van der Waals surface area contributed by atoms with Crippen molar-refractivity contribution in [2.75, 3.05) is 11.8 Å². The lowest BCUT2D eigenvalue weighted by Gasteiger charge is -2.13. The molecular formula is C10H8Cl2N2O6. The quantitative estimate of drug-likeness (QED) is 0.487. The summed E-state index contributed by atoms with van der Waals surface area (Å²) in [5.74, 6) is -2.62. The second-order valence-electron chi connectivity index (χ2n) is 3.75. The van der Waals surface area contributed by atoms with Crippen molar-refractivity contribution in [3.05, 3.63) is 43.5 Å². The van der Waals surface area contributed by atoms with Crippen LogP contribution in [-0.2, 0) is 0 Å².